The molecule has 0 spiro atoms. The summed E-state index contributed by atoms with van der Waals surface area (Å²) < 4.78 is 4.82. The van der Waals surface area contributed by atoms with E-state index in [9.17, 15) is 9.59 Å². The minimum atomic E-state index is -0.477. The highest BCUT2D eigenvalue weighted by atomic mass is 16.5. The molecular weight excluding hydrogens is 156 g/mol. The van der Waals surface area contributed by atoms with Crippen LogP contribution in [-0.2, 0) is 14.3 Å². The predicted molar refractivity (Wildman–Crippen MR) is 45.6 cm³/mol. The second kappa shape index (κ2) is 4.70. The first-order valence-electron chi connectivity index (χ1n) is 3.76. The third-order valence-corrected chi connectivity index (χ3v) is 1.14. The van der Waals surface area contributed by atoms with Gasteiger partial charge in [0.25, 0.3) is 0 Å². The summed E-state index contributed by atoms with van der Waals surface area (Å²) in [5, 5.41) is 0. The maximum absolute atomic E-state index is 11.1. The predicted octanol–water partition coefficient (Wildman–Crippen LogP) is 1.33. The van der Waals surface area contributed by atoms with Gasteiger partial charge in [-0.1, -0.05) is 0 Å². The number of hydrogen-bond acceptors (Lipinski definition) is 3. The Bertz CT molecular complexity index is 186. The number of rotatable bonds is 3. The topological polar surface area (TPSA) is 43.4 Å². The maximum Gasteiger partial charge on any atom is 0.311 e. The molecule has 0 N–H and O–H groups in total. The van der Waals surface area contributed by atoms with Gasteiger partial charge in [0.2, 0.25) is 0 Å². The van der Waals surface area contributed by atoms with Gasteiger partial charge in [0.05, 0.1) is 5.41 Å². The molecule has 0 aromatic carbocycles. The lowest BCUT2D eigenvalue weighted by atomic mass is 9.97. The highest BCUT2D eigenvalue weighted by Gasteiger charge is 2.22. The van der Waals surface area contributed by atoms with Crippen LogP contribution in [0.5, 0.6) is 0 Å². The van der Waals surface area contributed by atoms with E-state index in [-0.39, 0.29) is 12.6 Å². The smallest absolute Gasteiger partial charge is 0.311 e. The fourth-order valence-corrected chi connectivity index (χ4v) is 0.451. The largest absolute Gasteiger partial charge is 0.461 e. The van der Waals surface area contributed by atoms with Crippen LogP contribution in [0.1, 0.15) is 20.8 Å². The highest BCUT2D eigenvalue weighted by Crippen LogP contribution is 2.14. The fourth-order valence-electron chi connectivity index (χ4n) is 0.451. The minimum absolute atomic E-state index is 0.162. The zero-order chi connectivity index (χ0) is 9.61. The second-order valence-corrected chi connectivity index (χ2v) is 3.41. The standard InChI is InChI=1S/C9H14O3/c1-9(2,3)8(11)12-7-5-4-6-10/h4-6H,7H2,1-3H3/b5-4+. The summed E-state index contributed by atoms with van der Waals surface area (Å²) in [6, 6.07) is 0. The monoisotopic (exact) mass is 170 g/mol. The Labute approximate surface area is 72.4 Å². The summed E-state index contributed by atoms with van der Waals surface area (Å²) in [7, 11) is 0. The van der Waals surface area contributed by atoms with E-state index in [1.165, 1.54) is 12.2 Å². The first kappa shape index (κ1) is 10.9. The third kappa shape index (κ3) is 4.66. The van der Waals surface area contributed by atoms with E-state index in [2.05, 4.69) is 0 Å². The third-order valence-electron chi connectivity index (χ3n) is 1.14. The molecule has 0 heterocycles. The Morgan fingerprint density at radius 3 is 2.42 bits per heavy atom. The fraction of sp³-hybridized carbons (Fsp3) is 0.556. The number of ether oxygens (including phenoxy) is 1. The van der Waals surface area contributed by atoms with Gasteiger partial charge in [0, 0.05) is 0 Å². The zero-order valence-electron chi connectivity index (χ0n) is 7.66. The lowest BCUT2D eigenvalue weighted by Crippen LogP contribution is -2.22. The molecule has 0 radical (unpaired) electrons. The van der Waals surface area contributed by atoms with Crippen LogP contribution in [0.2, 0.25) is 0 Å². The molecule has 0 fully saturated rings. The molecule has 0 saturated carbocycles. The Hall–Kier alpha value is -1.12. The van der Waals surface area contributed by atoms with Crippen LogP contribution in [0.4, 0.5) is 0 Å². The molecule has 0 aromatic heterocycles. The molecule has 0 aromatic rings. The molecule has 12 heavy (non-hydrogen) atoms. The molecule has 0 rings (SSSR count). The van der Waals surface area contributed by atoms with E-state index in [1.807, 2.05) is 0 Å². The van der Waals surface area contributed by atoms with Gasteiger partial charge in [-0.3, -0.25) is 9.59 Å². The van der Waals surface area contributed by atoms with Crippen LogP contribution in [-0.4, -0.2) is 18.9 Å². The van der Waals surface area contributed by atoms with Gasteiger partial charge in [-0.2, -0.15) is 0 Å². The molecule has 0 amide bonds. The highest BCUT2D eigenvalue weighted by molar-refractivity contribution is 5.75. The van der Waals surface area contributed by atoms with Crippen molar-refractivity contribution < 1.29 is 14.3 Å². The van der Waals surface area contributed by atoms with E-state index in [0.29, 0.717) is 6.29 Å². The van der Waals surface area contributed by atoms with Crippen molar-refractivity contribution in [2.75, 3.05) is 6.61 Å². The molecule has 0 bridgehead atoms. The molecule has 3 nitrogen and oxygen atoms in total. The van der Waals surface area contributed by atoms with Gasteiger partial charge in [-0.25, -0.2) is 0 Å². The van der Waals surface area contributed by atoms with Gasteiger partial charge in [-0.05, 0) is 32.9 Å². The minimum Gasteiger partial charge on any atom is -0.461 e. The van der Waals surface area contributed by atoms with Crippen molar-refractivity contribution in [3.05, 3.63) is 12.2 Å². The number of hydrogen-bond donors (Lipinski definition) is 0. The van der Waals surface area contributed by atoms with Gasteiger partial charge in [0.1, 0.15) is 12.9 Å². The van der Waals surface area contributed by atoms with Gasteiger partial charge >= 0.3 is 5.97 Å². The van der Waals surface area contributed by atoms with Crippen molar-refractivity contribution in [2.24, 2.45) is 5.41 Å². The van der Waals surface area contributed by atoms with Crippen LogP contribution in [0.3, 0.4) is 0 Å². The van der Waals surface area contributed by atoms with Crippen LogP contribution in [0.15, 0.2) is 12.2 Å². The van der Waals surface area contributed by atoms with Crippen molar-refractivity contribution in [2.45, 2.75) is 20.8 Å². The van der Waals surface area contributed by atoms with Crippen molar-refractivity contribution in [3.63, 3.8) is 0 Å². The lowest BCUT2D eigenvalue weighted by molar-refractivity contribution is -0.151. The van der Waals surface area contributed by atoms with E-state index >= 15 is 0 Å². The number of carbonyl (C=O) groups is 2. The van der Waals surface area contributed by atoms with Crippen molar-refractivity contribution in [3.8, 4) is 0 Å². The average Bonchev–Trinajstić information content (AvgIpc) is 1.96. The summed E-state index contributed by atoms with van der Waals surface area (Å²) in [5.41, 5.74) is -0.477. The van der Waals surface area contributed by atoms with Crippen molar-refractivity contribution in [1.82, 2.24) is 0 Å². The Kier molecular flexibility index (Phi) is 4.26. The maximum atomic E-state index is 11.1. The SMILES string of the molecule is CC(C)(C)C(=O)OC/C=C/C=O. The summed E-state index contributed by atoms with van der Waals surface area (Å²) in [4.78, 5) is 20.9. The zero-order valence-corrected chi connectivity index (χ0v) is 7.66. The molecule has 0 aliphatic rings. The Balaban J connectivity index is 3.73. The number of esters is 1. The quantitative estimate of drug-likeness (QED) is 0.364. The second-order valence-electron chi connectivity index (χ2n) is 3.41. The Morgan fingerprint density at radius 1 is 1.42 bits per heavy atom. The summed E-state index contributed by atoms with van der Waals surface area (Å²) >= 11 is 0. The van der Waals surface area contributed by atoms with E-state index < -0.39 is 5.41 Å². The molecule has 3 heteroatoms. The average molecular weight is 170 g/mol. The van der Waals surface area contributed by atoms with Crippen molar-refractivity contribution >= 4 is 12.3 Å². The first-order valence-corrected chi connectivity index (χ1v) is 3.76. The molecule has 0 unspecified atom stereocenters. The molecule has 0 aliphatic carbocycles. The van der Waals surface area contributed by atoms with Gasteiger partial charge < -0.3 is 4.74 Å². The number of aldehydes is 1. The van der Waals surface area contributed by atoms with Crippen LogP contribution >= 0.6 is 0 Å². The molecule has 0 atom stereocenters. The first-order chi connectivity index (χ1) is 5.48. The summed E-state index contributed by atoms with van der Waals surface area (Å²) in [5.74, 6) is -0.266. The van der Waals surface area contributed by atoms with E-state index in [4.69, 9.17) is 4.74 Å². The Morgan fingerprint density at radius 2 is 2.00 bits per heavy atom. The summed E-state index contributed by atoms with van der Waals surface area (Å²) in [6.45, 7) is 5.49. The van der Waals surface area contributed by atoms with Gasteiger partial charge in [-0.15, -0.1) is 0 Å². The molecular formula is C9H14O3. The molecule has 0 aliphatic heterocycles. The normalized spacial score (nSPS) is 11.6. The molecule has 68 valence electrons. The van der Waals surface area contributed by atoms with E-state index in [1.54, 1.807) is 20.8 Å². The van der Waals surface area contributed by atoms with Crippen LogP contribution < -0.4 is 0 Å². The van der Waals surface area contributed by atoms with Crippen molar-refractivity contribution in [1.29, 1.82) is 0 Å². The van der Waals surface area contributed by atoms with Gasteiger partial charge in [0.15, 0.2) is 0 Å². The molecule has 0 saturated heterocycles. The van der Waals surface area contributed by atoms with E-state index in [0.717, 1.165) is 0 Å². The lowest BCUT2D eigenvalue weighted by Gasteiger charge is -2.15. The number of carbonyl (C=O) groups excluding carboxylic acids is 2. The summed E-state index contributed by atoms with van der Waals surface area (Å²) in [6.07, 6.45) is 3.44. The number of allylic oxidation sites excluding steroid dienone is 1. The van der Waals surface area contributed by atoms with Crippen LogP contribution in [0.25, 0.3) is 0 Å². The van der Waals surface area contributed by atoms with Crippen LogP contribution in [0, 0.1) is 5.41 Å².